The molecular formula is C17H29BrN2. The minimum atomic E-state index is 0.183. The number of rotatable bonds is 7. The summed E-state index contributed by atoms with van der Waals surface area (Å²) in [6, 6.07) is 9.17. The lowest BCUT2D eigenvalue weighted by Crippen LogP contribution is -2.46. The molecule has 0 aliphatic heterocycles. The summed E-state index contributed by atoms with van der Waals surface area (Å²) in [7, 11) is 2.23. The number of hydrogen-bond acceptors (Lipinski definition) is 2. The van der Waals surface area contributed by atoms with Crippen molar-refractivity contribution in [2.75, 3.05) is 13.6 Å². The highest BCUT2D eigenvalue weighted by molar-refractivity contribution is 9.10. The molecule has 0 aromatic heterocycles. The van der Waals surface area contributed by atoms with E-state index in [0.717, 1.165) is 17.6 Å². The molecule has 0 aliphatic rings. The van der Waals surface area contributed by atoms with Crippen LogP contribution in [0.5, 0.6) is 0 Å². The zero-order chi connectivity index (χ0) is 15.2. The molecule has 1 N–H and O–H groups in total. The van der Waals surface area contributed by atoms with Gasteiger partial charge in [0.1, 0.15) is 0 Å². The topological polar surface area (TPSA) is 15.3 Å². The van der Waals surface area contributed by atoms with Gasteiger partial charge < -0.3 is 5.32 Å². The van der Waals surface area contributed by atoms with Gasteiger partial charge in [-0.3, -0.25) is 4.90 Å². The third-order valence-electron chi connectivity index (χ3n) is 3.43. The lowest BCUT2D eigenvalue weighted by atomic mass is 10.1. The van der Waals surface area contributed by atoms with Crippen LogP contribution in [0.4, 0.5) is 0 Å². The van der Waals surface area contributed by atoms with Gasteiger partial charge in [-0.05, 0) is 51.9 Å². The Morgan fingerprint density at radius 1 is 1.30 bits per heavy atom. The second kappa shape index (κ2) is 8.16. The Balaban J connectivity index is 2.61. The molecule has 1 rings (SSSR count). The minimum Gasteiger partial charge on any atom is -0.311 e. The highest BCUT2D eigenvalue weighted by Crippen LogP contribution is 2.15. The summed E-state index contributed by atoms with van der Waals surface area (Å²) in [5.41, 5.74) is 1.54. The molecule has 3 heteroatoms. The molecule has 0 bridgehead atoms. The fourth-order valence-corrected chi connectivity index (χ4v) is 2.73. The molecule has 114 valence electrons. The van der Waals surface area contributed by atoms with Crippen molar-refractivity contribution >= 4 is 15.9 Å². The van der Waals surface area contributed by atoms with E-state index in [0.29, 0.717) is 6.04 Å². The Labute approximate surface area is 133 Å². The van der Waals surface area contributed by atoms with Crippen molar-refractivity contribution in [3.05, 3.63) is 34.3 Å². The van der Waals surface area contributed by atoms with Crippen LogP contribution in [-0.4, -0.2) is 30.1 Å². The van der Waals surface area contributed by atoms with E-state index in [9.17, 15) is 0 Å². The first kappa shape index (κ1) is 17.7. The van der Waals surface area contributed by atoms with Gasteiger partial charge in [0.05, 0.1) is 0 Å². The van der Waals surface area contributed by atoms with Gasteiger partial charge in [0, 0.05) is 29.1 Å². The van der Waals surface area contributed by atoms with E-state index < -0.39 is 0 Å². The first-order valence-electron chi connectivity index (χ1n) is 7.51. The van der Waals surface area contributed by atoms with Crippen LogP contribution in [0.2, 0.25) is 0 Å². The molecule has 0 saturated carbocycles. The average molecular weight is 341 g/mol. The number of likely N-dealkylation sites (N-methyl/N-ethyl adjacent to an activating group) is 1. The second-order valence-corrected chi connectivity index (χ2v) is 7.53. The maximum Gasteiger partial charge on any atom is 0.0234 e. The monoisotopic (exact) mass is 340 g/mol. The summed E-state index contributed by atoms with van der Waals surface area (Å²) >= 11 is 3.55. The van der Waals surface area contributed by atoms with Crippen molar-refractivity contribution in [3.63, 3.8) is 0 Å². The summed E-state index contributed by atoms with van der Waals surface area (Å²) in [4.78, 5) is 2.46. The standard InChI is InChI=1S/C17H29BrN2/c1-6-8-16(12-19-17(2,3)4)20(5)13-14-9-7-10-15(18)11-14/h7,9-11,16,19H,6,8,12-13H2,1-5H3. The molecule has 20 heavy (non-hydrogen) atoms. The van der Waals surface area contributed by atoms with E-state index in [1.165, 1.54) is 18.4 Å². The van der Waals surface area contributed by atoms with Crippen LogP contribution in [-0.2, 0) is 6.54 Å². The number of hydrogen-bond donors (Lipinski definition) is 1. The average Bonchev–Trinajstić information content (AvgIpc) is 2.33. The smallest absolute Gasteiger partial charge is 0.0234 e. The van der Waals surface area contributed by atoms with E-state index in [1.54, 1.807) is 0 Å². The largest absolute Gasteiger partial charge is 0.311 e. The lowest BCUT2D eigenvalue weighted by molar-refractivity contribution is 0.202. The van der Waals surface area contributed by atoms with Gasteiger partial charge in [-0.25, -0.2) is 0 Å². The van der Waals surface area contributed by atoms with Gasteiger partial charge in [0.25, 0.3) is 0 Å². The molecule has 1 aromatic carbocycles. The van der Waals surface area contributed by atoms with Crippen molar-refractivity contribution < 1.29 is 0 Å². The van der Waals surface area contributed by atoms with Crippen molar-refractivity contribution in [3.8, 4) is 0 Å². The Morgan fingerprint density at radius 2 is 2.00 bits per heavy atom. The predicted molar refractivity (Wildman–Crippen MR) is 92.1 cm³/mol. The highest BCUT2D eigenvalue weighted by atomic mass is 79.9. The first-order valence-corrected chi connectivity index (χ1v) is 8.31. The van der Waals surface area contributed by atoms with Crippen molar-refractivity contribution in [2.45, 2.75) is 58.7 Å². The number of nitrogens with zero attached hydrogens (tertiary/aromatic N) is 1. The van der Waals surface area contributed by atoms with E-state index >= 15 is 0 Å². The number of halogens is 1. The summed E-state index contributed by atoms with van der Waals surface area (Å²) < 4.78 is 1.16. The van der Waals surface area contributed by atoms with Gasteiger partial charge in [-0.2, -0.15) is 0 Å². The van der Waals surface area contributed by atoms with E-state index in [4.69, 9.17) is 0 Å². The SMILES string of the molecule is CCCC(CNC(C)(C)C)N(C)Cc1cccc(Br)c1. The lowest BCUT2D eigenvalue weighted by Gasteiger charge is -2.31. The molecule has 1 unspecified atom stereocenters. The van der Waals surface area contributed by atoms with Crippen LogP contribution in [0.1, 0.15) is 46.1 Å². The molecule has 0 radical (unpaired) electrons. The van der Waals surface area contributed by atoms with Crippen LogP contribution in [0.25, 0.3) is 0 Å². The summed E-state index contributed by atoms with van der Waals surface area (Å²) in [6.07, 6.45) is 2.45. The van der Waals surface area contributed by atoms with Crippen LogP contribution < -0.4 is 5.32 Å². The highest BCUT2D eigenvalue weighted by Gasteiger charge is 2.17. The minimum absolute atomic E-state index is 0.183. The third kappa shape index (κ3) is 6.87. The van der Waals surface area contributed by atoms with Crippen molar-refractivity contribution in [1.82, 2.24) is 10.2 Å². The number of nitrogens with one attached hydrogen (secondary N) is 1. The number of benzene rings is 1. The van der Waals surface area contributed by atoms with E-state index in [-0.39, 0.29) is 5.54 Å². The van der Waals surface area contributed by atoms with Crippen molar-refractivity contribution in [2.24, 2.45) is 0 Å². The maximum absolute atomic E-state index is 3.63. The molecule has 1 atom stereocenters. The zero-order valence-electron chi connectivity index (χ0n) is 13.5. The van der Waals surface area contributed by atoms with Crippen LogP contribution in [0.15, 0.2) is 28.7 Å². The molecule has 0 saturated heterocycles. The summed E-state index contributed by atoms with van der Waals surface area (Å²) in [5.74, 6) is 0. The molecule has 0 fully saturated rings. The first-order chi connectivity index (χ1) is 9.31. The Hall–Kier alpha value is -0.380. The summed E-state index contributed by atoms with van der Waals surface area (Å²) in [6.45, 7) is 11.0. The molecule has 0 heterocycles. The third-order valence-corrected chi connectivity index (χ3v) is 3.93. The van der Waals surface area contributed by atoms with Crippen molar-refractivity contribution in [1.29, 1.82) is 0 Å². The predicted octanol–water partition coefficient (Wildman–Crippen LogP) is 4.44. The molecule has 2 nitrogen and oxygen atoms in total. The van der Waals surface area contributed by atoms with E-state index in [2.05, 4.69) is 85.2 Å². The fourth-order valence-electron chi connectivity index (χ4n) is 2.29. The Morgan fingerprint density at radius 3 is 2.55 bits per heavy atom. The van der Waals surface area contributed by atoms with Gasteiger partial charge in [-0.1, -0.05) is 41.4 Å². The van der Waals surface area contributed by atoms with Gasteiger partial charge >= 0.3 is 0 Å². The quantitative estimate of drug-likeness (QED) is 0.789. The molecule has 0 spiro atoms. The van der Waals surface area contributed by atoms with Gasteiger partial charge in [0.2, 0.25) is 0 Å². The van der Waals surface area contributed by atoms with Gasteiger partial charge in [0.15, 0.2) is 0 Å². The van der Waals surface area contributed by atoms with Gasteiger partial charge in [-0.15, -0.1) is 0 Å². The molecule has 0 amide bonds. The Kier molecular flexibility index (Phi) is 7.21. The Bertz CT molecular complexity index is 398. The zero-order valence-corrected chi connectivity index (χ0v) is 15.1. The van der Waals surface area contributed by atoms with Crippen LogP contribution >= 0.6 is 15.9 Å². The fraction of sp³-hybridized carbons (Fsp3) is 0.647. The molecule has 1 aromatic rings. The second-order valence-electron chi connectivity index (χ2n) is 6.62. The normalized spacial score (nSPS) is 13.8. The van der Waals surface area contributed by atoms with Crippen LogP contribution in [0, 0.1) is 0 Å². The van der Waals surface area contributed by atoms with E-state index in [1.807, 2.05) is 0 Å². The molecular weight excluding hydrogens is 312 g/mol. The van der Waals surface area contributed by atoms with Crippen LogP contribution in [0.3, 0.4) is 0 Å². The maximum atomic E-state index is 3.63. The molecule has 0 aliphatic carbocycles. The summed E-state index contributed by atoms with van der Waals surface area (Å²) in [5, 5.41) is 3.63.